The number of nitrogens with one attached hydrogen (secondary N) is 1. The highest BCUT2D eigenvalue weighted by Gasteiger charge is 2.25. The minimum Gasteiger partial charge on any atom is -0.478 e. The first kappa shape index (κ1) is 30.6. The smallest absolute Gasteiger partial charge is 0.336 e. The Morgan fingerprint density at radius 1 is 1.07 bits per heavy atom. The molecule has 1 aliphatic carbocycles. The molecule has 12 heteroatoms. The molecule has 0 aromatic heterocycles. The van der Waals surface area contributed by atoms with Crippen LogP contribution >= 0.6 is 0 Å². The zero-order chi connectivity index (χ0) is 31.3. The number of hydrogen-bond acceptors (Lipinski definition) is 6. The zero-order valence-corrected chi connectivity index (χ0v) is 24.5. The molecule has 2 amide bonds. The van der Waals surface area contributed by atoms with E-state index in [0.29, 0.717) is 46.3 Å². The Morgan fingerprint density at radius 2 is 1.81 bits per heavy atom. The largest absolute Gasteiger partial charge is 0.478 e. The van der Waals surface area contributed by atoms with Crippen molar-refractivity contribution in [1.82, 2.24) is 9.89 Å². The highest BCUT2D eigenvalue weighted by atomic mass is 16.4. The van der Waals surface area contributed by atoms with Gasteiger partial charge in [0.2, 0.25) is 11.3 Å². The number of carboxylic acids is 1. The van der Waals surface area contributed by atoms with E-state index in [1.54, 1.807) is 6.07 Å². The number of anilines is 1. The maximum Gasteiger partial charge on any atom is 0.336 e. The topological polar surface area (TPSA) is 178 Å². The van der Waals surface area contributed by atoms with Crippen molar-refractivity contribution in [3.8, 4) is 22.5 Å². The summed E-state index contributed by atoms with van der Waals surface area (Å²) < 4.78 is 8.29. The Hall–Kier alpha value is -5.35. The van der Waals surface area contributed by atoms with Gasteiger partial charge in [-0.15, -0.1) is 0 Å². The van der Waals surface area contributed by atoms with Crippen molar-refractivity contribution in [3.63, 3.8) is 0 Å². The van der Waals surface area contributed by atoms with E-state index in [2.05, 4.69) is 15.3 Å². The number of rotatable bonds is 11. The van der Waals surface area contributed by atoms with E-state index < -0.39 is 23.8 Å². The summed E-state index contributed by atoms with van der Waals surface area (Å²) in [4.78, 5) is 42.4. The SMILES string of the molecule is CN(C)c1ccc2c(-c3ccc(C(=O)NC(CCCCN=[N+]=[N-])C(N)=O)cc3C(=O)O)c3ccc(=[N+](C)C)cc-3oc2c1. The van der Waals surface area contributed by atoms with Crippen LogP contribution in [0.4, 0.5) is 5.69 Å². The fraction of sp³-hybridized carbons (Fsp3) is 0.290. The molecule has 0 spiro atoms. The molecule has 1 unspecified atom stereocenters. The van der Waals surface area contributed by atoms with E-state index in [1.807, 2.05) is 74.1 Å². The van der Waals surface area contributed by atoms with Crippen LogP contribution in [0.2, 0.25) is 0 Å². The summed E-state index contributed by atoms with van der Waals surface area (Å²) in [5, 5.41) is 18.0. The summed E-state index contributed by atoms with van der Waals surface area (Å²) >= 11 is 0. The summed E-state index contributed by atoms with van der Waals surface area (Å²) in [6, 6.07) is 14.9. The number of carbonyl (C=O) groups is 3. The highest BCUT2D eigenvalue weighted by molar-refractivity contribution is 6.09. The molecule has 1 aliphatic heterocycles. The van der Waals surface area contributed by atoms with Gasteiger partial charge in [0.25, 0.3) is 5.91 Å². The molecule has 0 saturated carbocycles. The molecule has 0 saturated heterocycles. The number of nitrogens with two attached hydrogens (primary N) is 1. The molecule has 4 N–H and O–H groups in total. The van der Waals surface area contributed by atoms with Crippen LogP contribution in [0.1, 0.15) is 40.0 Å². The van der Waals surface area contributed by atoms with E-state index in [9.17, 15) is 19.5 Å². The van der Waals surface area contributed by atoms with E-state index in [4.69, 9.17) is 15.7 Å². The predicted octanol–water partition coefficient (Wildman–Crippen LogP) is 4.06. The quantitative estimate of drug-likeness (QED) is 0.0597. The summed E-state index contributed by atoms with van der Waals surface area (Å²) in [5.74, 6) is -1.98. The van der Waals surface area contributed by atoms with Gasteiger partial charge < -0.3 is 25.5 Å². The first-order valence-electron chi connectivity index (χ1n) is 13.7. The number of unbranched alkanes of at least 4 members (excludes halogenated alkanes) is 1. The van der Waals surface area contributed by atoms with Crippen LogP contribution in [0.3, 0.4) is 0 Å². The Kier molecular flexibility index (Phi) is 9.32. The second kappa shape index (κ2) is 13.1. The standard InChI is InChI=1S/C31H33N7O5/c1-37(2)19-9-12-22-26(16-19)43-27-17-20(38(3)4)10-13-23(27)28(22)21-11-8-18(15-24(21)31(41)42)30(40)35-25(29(32)39)7-5-6-14-34-36-33/h8-13,15-17,25H,5-7,14H2,1-4H3,(H3-,32,35,39,40,41,42)/p+1. The third kappa shape index (κ3) is 6.77. The summed E-state index contributed by atoms with van der Waals surface area (Å²) in [5.41, 5.74) is 17.2. The Morgan fingerprint density at radius 3 is 2.47 bits per heavy atom. The molecule has 0 fully saturated rings. The molecule has 2 aliphatic rings. The Bertz CT molecular complexity index is 1800. The van der Waals surface area contributed by atoms with Crippen molar-refractivity contribution in [2.75, 3.05) is 39.6 Å². The van der Waals surface area contributed by atoms with Crippen LogP contribution in [-0.2, 0) is 4.79 Å². The number of amides is 2. The van der Waals surface area contributed by atoms with Gasteiger partial charge in [0.1, 0.15) is 31.5 Å². The molecular formula is C31H34N7O5+. The number of azide groups is 1. The number of primary amides is 1. The molecule has 1 atom stereocenters. The normalized spacial score (nSPS) is 11.5. The first-order chi connectivity index (χ1) is 20.5. The van der Waals surface area contributed by atoms with Gasteiger partial charge in [-0.2, -0.15) is 0 Å². The van der Waals surface area contributed by atoms with Crippen molar-refractivity contribution in [2.24, 2.45) is 10.8 Å². The fourth-order valence-corrected chi connectivity index (χ4v) is 4.90. The molecule has 0 bridgehead atoms. The zero-order valence-electron chi connectivity index (χ0n) is 24.5. The van der Waals surface area contributed by atoms with Gasteiger partial charge in [-0.05, 0) is 54.3 Å². The molecule has 0 radical (unpaired) electrons. The lowest BCUT2D eigenvalue weighted by molar-refractivity contribution is -0.120. The van der Waals surface area contributed by atoms with Gasteiger partial charge in [0.15, 0.2) is 0 Å². The Balaban J connectivity index is 1.82. The average molecular weight is 585 g/mol. The van der Waals surface area contributed by atoms with Gasteiger partial charge in [-0.3, -0.25) is 9.59 Å². The van der Waals surface area contributed by atoms with Crippen LogP contribution < -0.4 is 25.9 Å². The first-order valence-corrected chi connectivity index (χ1v) is 13.7. The van der Waals surface area contributed by atoms with Gasteiger partial charge in [0, 0.05) is 65.4 Å². The molecular weight excluding hydrogens is 550 g/mol. The number of nitrogens with zero attached hydrogens (tertiary/aromatic N) is 5. The van der Waals surface area contributed by atoms with Crippen molar-refractivity contribution in [3.05, 3.63) is 81.5 Å². The number of carboxylic acid groups (broad SMARTS) is 1. The molecule has 2 aromatic carbocycles. The van der Waals surface area contributed by atoms with Crippen LogP contribution in [-0.4, -0.2) is 63.7 Å². The van der Waals surface area contributed by atoms with E-state index >= 15 is 0 Å². The van der Waals surface area contributed by atoms with E-state index in [0.717, 1.165) is 11.0 Å². The van der Waals surface area contributed by atoms with Crippen molar-refractivity contribution in [1.29, 1.82) is 0 Å². The molecule has 222 valence electrons. The monoisotopic (exact) mass is 584 g/mol. The van der Waals surface area contributed by atoms with Gasteiger partial charge in [-0.25, -0.2) is 9.37 Å². The maximum absolute atomic E-state index is 13.1. The lowest BCUT2D eigenvalue weighted by atomic mass is 9.89. The van der Waals surface area contributed by atoms with Gasteiger partial charge >= 0.3 is 5.97 Å². The maximum atomic E-state index is 13.1. The summed E-state index contributed by atoms with van der Waals surface area (Å²) in [7, 11) is 7.69. The lowest BCUT2D eigenvalue weighted by Crippen LogP contribution is -2.44. The van der Waals surface area contributed by atoms with Gasteiger partial charge in [0.05, 0.1) is 11.6 Å². The van der Waals surface area contributed by atoms with Gasteiger partial charge in [-0.1, -0.05) is 17.6 Å². The Labute approximate surface area is 248 Å². The molecule has 2 aromatic rings. The number of fused-ring (bicyclic) bond motifs is 2. The van der Waals surface area contributed by atoms with Crippen LogP contribution in [0.25, 0.3) is 43.9 Å². The summed E-state index contributed by atoms with van der Waals surface area (Å²) in [6.45, 7) is 0.266. The molecule has 1 heterocycles. The van der Waals surface area contributed by atoms with Crippen molar-refractivity contribution in [2.45, 2.75) is 25.3 Å². The van der Waals surface area contributed by atoms with Crippen molar-refractivity contribution < 1.29 is 23.9 Å². The predicted molar refractivity (Wildman–Crippen MR) is 165 cm³/mol. The minimum atomic E-state index is -1.22. The van der Waals surface area contributed by atoms with Crippen LogP contribution in [0, 0.1) is 0 Å². The lowest BCUT2D eigenvalue weighted by Gasteiger charge is -2.19. The number of aromatic carboxylic acids is 1. The summed E-state index contributed by atoms with van der Waals surface area (Å²) in [6.07, 6.45) is 1.27. The third-order valence-electron chi connectivity index (χ3n) is 7.22. The second-order valence-corrected chi connectivity index (χ2v) is 10.6. The van der Waals surface area contributed by atoms with Crippen molar-refractivity contribution >= 4 is 34.4 Å². The number of carbonyl (C=O) groups excluding carboxylic acids is 2. The fourth-order valence-electron chi connectivity index (χ4n) is 4.90. The van der Waals surface area contributed by atoms with Crippen LogP contribution in [0.15, 0.2) is 64.1 Å². The van der Waals surface area contributed by atoms with E-state index in [-0.39, 0.29) is 24.1 Å². The molecule has 12 nitrogen and oxygen atoms in total. The molecule has 43 heavy (non-hydrogen) atoms. The highest BCUT2D eigenvalue weighted by Crippen LogP contribution is 2.42. The minimum absolute atomic E-state index is 0.0699. The number of hydrogen-bond donors (Lipinski definition) is 3. The molecule has 4 rings (SSSR count). The number of benzene rings is 3. The third-order valence-corrected chi connectivity index (χ3v) is 7.22. The second-order valence-electron chi connectivity index (χ2n) is 10.6. The van der Waals surface area contributed by atoms with Crippen LogP contribution in [0.5, 0.6) is 0 Å². The van der Waals surface area contributed by atoms with E-state index in [1.165, 1.54) is 12.1 Å². The average Bonchev–Trinajstić information content (AvgIpc) is 2.97.